The molecular weight excluding hydrogens is 334 g/mol. The van der Waals surface area contributed by atoms with Gasteiger partial charge in [-0.15, -0.1) is 0 Å². The highest BCUT2D eigenvalue weighted by Crippen LogP contribution is 2.48. The number of benzene rings is 2. The van der Waals surface area contributed by atoms with E-state index in [-0.39, 0.29) is 11.7 Å². The number of halogens is 4. The van der Waals surface area contributed by atoms with Gasteiger partial charge >= 0.3 is 6.18 Å². The van der Waals surface area contributed by atoms with Crippen LogP contribution in [0.5, 0.6) is 0 Å². The van der Waals surface area contributed by atoms with Crippen LogP contribution < -0.4 is 5.32 Å². The smallest absolute Gasteiger partial charge is 0.355 e. The molecule has 2 aromatic carbocycles. The average molecular weight is 351 g/mol. The molecule has 0 heterocycles. The second-order valence-corrected chi connectivity index (χ2v) is 6.29. The van der Waals surface area contributed by atoms with E-state index in [2.05, 4.69) is 5.32 Å². The molecule has 1 aliphatic rings. The second-order valence-electron chi connectivity index (χ2n) is 6.29. The highest BCUT2D eigenvalue weighted by Gasteiger charge is 2.50. The highest BCUT2D eigenvalue weighted by atomic mass is 19.4. The summed E-state index contributed by atoms with van der Waals surface area (Å²) in [6.07, 6.45) is -2.47. The van der Waals surface area contributed by atoms with E-state index in [0.717, 1.165) is 23.3 Å². The SMILES string of the molecule is O=C(NCCc1ccc(C(F)(F)F)cc1)C1(c2ccc(F)cc2)CC1. The molecule has 2 aromatic rings. The van der Waals surface area contributed by atoms with Crippen molar-refractivity contribution < 1.29 is 22.4 Å². The third-order valence-electron chi connectivity index (χ3n) is 4.56. The number of hydrogen-bond acceptors (Lipinski definition) is 1. The molecule has 0 radical (unpaired) electrons. The molecule has 0 aromatic heterocycles. The molecular formula is C19H17F4NO. The second kappa shape index (κ2) is 6.50. The number of amides is 1. The van der Waals surface area contributed by atoms with E-state index in [1.165, 1.54) is 24.3 Å². The minimum absolute atomic E-state index is 0.119. The van der Waals surface area contributed by atoms with E-state index < -0.39 is 17.2 Å². The Hall–Kier alpha value is -2.37. The van der Waals surface area contributed by atoms with Gasteiger partial charge in [-0.3, -0.25) is 4.79 Å². The Morgan fingerprint density at radius 2 is 1.60 bits per heavy atom. The highest BCUT2D eigenvalue weighted by molar-refractivity contribution is 5.91. The minimum atomic E-state index is -4.35. The first kappa shape index (κ1) is 17.5. The monoisotopic (exact) mass is 351 g/mol. The molecule has 0 bridgehead atoms. The van der Waals surface area contributed by atoms with Gasteiger partial charge in [0.05, 0.1) is 11.0 Å². The Labute approximate surface area is 142 Å². The van der Waals surface area contributed by atoms with Crippen LogP contribution in [-0.2, 0) is 22.8 Å². The van der Waals surface area contributed by atoms with Crippen LogP contribution in [0.15, 0.2) is 48.5 Å². The molecule has 6 heteroatoms. The molecule has 0 aliphatic heterocycles. The maximum atomic E-state index is 13.0. The molecule has 1 amide bonds. The van der Waals surface area contributed by atoms with E-state index in [1.54, 1.807) is 12.1 Å². The number of nitrogens with one attached hydrogen (secondary N) is 1. The van der Waals surface area contributed by atoms with Gasteiger partial charge in [-0.05, 0) is 54.7 Å². The maximum absolute atomic E-state index is 13.0. The molecule has 1 aliphatic carbocycles. The fourth-order valence-corrected chi connectivity index (χ4v) is 2.89. The summed E-state index contributed by atoms with van der Waals surface area (Å²) in [5, 5.41) is 2.84. The number of hydrogen-bond donors (Lipinski definition) is 1. The van der Waals surface area contributed by atoms with Crippen molar-refractivity contribution in [3.05, 3.63) is 71.0 Å². The standard InChI is InChI=1S/C19H17F4NO/c20-16-7-5-14(6-8-16)18(10-11-18)17(25)24-12-9-13-1-3-15(4-2-13)19(21,22)23/h1-8H,9-12H2,(H,24,25). The molecule has 132 valence electrons. The van der Waals surface area contributed by atoms with Crippen LogP contribution in [0.2, 0.25) is 0 Å². The van der Waals surface area contributed by atoms with Crippen LogP contribution in [0, 0.1) is 5.82 Å². The zero-order chi connectivity index (χ0) is 18.1. The molecule has 1 N–H and O–H groups in total. The van der Waals surface area contributed by atoms with Crippen molar-refractivity contribution in [2.24, 2.45) is 0 Å². The van der Waals surface area contributed by atoms with E-state index >= 15 is 0 Å². The Morgan fingerprint density at radius 3 is 2.12 bits per heavy atom. The van der Waals surface area contributed by atoms with Gasteiger partial charge in [-0.2, -0.15) is 13.2 Å². The Bertz CT molecular complexity index is 746. The van der Waals surface area contributed by atoms with E-state index in [0.29, 0.717) is 25.8 Å². The molecule has 0 unspecified atom stereocenters. The van der Waals surface area contributed by atoms with E-state index in [9.17, 15) is 22.4 Å². The largest absolute Gasteiger partial charge is 0.416 e. The van der Waals surface area contributed by atoms with Gasteiger partial charge in [0.15, 0.2) is 0 Å². The molecule has 0 saturated heterocycles. The summed E-state index contributed by atoms with van der Waals surface area (Å²) in [7, 11) is 0. The summed E-state index contributed by atoms with van der Waals surface area (Å²) in [6, 6.07) is 10.8. The maximum Gasteiger partial charge on any atom is 0.416 e. The lowest BCUT2D eigenvalue weighted by atomic mass is 9.95. The third-order valence-corrected chi connectivity index (χ3v) is 4.56. The Balaban J connectivity index is 1.55. The van der Waals surface area contributed by atoms with E-state index in [1.807, 2.05) is 0 Å². The minimum Gasteiger partial charge on any atom is -0.355 e. The van der Waals surface area contributed by atoms with Crippen molar-refractivity contribution >= 4 is 5.91 Å². The predicted octanol–water partition coefficient (Wildman–Crippen LogP) is 4.24. The van der Waals surface area contributed by atoms with Crippen molar-refractivity contribution in [1.82, 2.24) is 5.32 Å². The van der Waals surface area contributed by atoms with Gasteiger partial charge in [0.25, 0.3) is 0 Å². The van der Waals surface area contributed by atoms with Gasteiger partial charge in [0, 0.05) is 6.54 Å². The Kier molecular flexibility index (Phi) is 4.54. The first-order valence-corrected chi connectivity index (χ1v) is 8.02. The lowest BCUT2D eigenvalue weighted by molar-refractivity contribution is -0.137. The molecule has 0 atom stereocenters. The molecule has 3 rings (SSSR count). The number of carbonyl (C=O) groups excluding carboxylic acids is 1. The van der Waals surface area contributed by atoms with Gasteiger partial charge in [-0.25, -0.2) is 4.39 Å². The molecule has 0 spiro atoms. The topological polar surface area (TPSA) is 29.1 Å². The summed E-state index contributed by atoms with van der Waals surface area (Å²) in [4.78, 5) is 12.4. The van der Waals surface area contributed by atoms with Gasteiger partial charge < -0.3 is 5.32 Å². The zero-order valence-corrected chi connectivity index (χ0v) is 13.4. The summed E-state index contributed by atoms with van der Waals surface area (Å²) < 4.78 is 50.6. The molecule has 1 saturated carbocycles. The lowest BCUT2D eigenvalue weighted by Crippen LogP contribution is -2.35. The van der Waals surface area contributed by atoms with Crippen molar-refractivity contribution in [1.29, 1.82) is 0 Å². The number of rotatable bonds is 5. The van der Waals surface area contributed by atoms with Crippen LogP contribution in [0.25, 0.3) is 0 Å². The zero-order valence-electron chi connectivity index (χ0n) is 13.4. The van der Waals surface area contributed by atoms with Crippen molar-refractivity contribution in [2.75, 3.05) is 6.54 Å². The van der Waals surface area contributed by atoms with Crippen molar-refractivity contribution in [3.63, 3.8) is 0 Å². The van der Waals surface area contributed by atoms with Crippen LogP contribution in [0.1, 0.15) is 29.5 Å². The van der Waals surface area contributed by atoms with Crippen LogP contribution >= 0.6 is 0 Å². The normalized spacial score (nSPS) is 15.7. The molecule has 25 heavy (non-hydrogen) atoms. The summed E-state index contributed by atoms with van der Waals surface area (Å²) in [5.74, 6) is -0.465. The first-order chi connectivity index (χ1) is 11.8. The molecule has 2 nitrogen and oxygen atoms in total. The predicted molar refractivity (Wildman–Crippen MR) is 85.5 cm³/mol. The first-order valence-electron chi connectivity index (χ1n) is 8.02. The van der Waals surface area contributed by atoms with Crippen LogP contribution in [-0.4, -0.2) is 12.5 Å². The summed E-state index contributed by atoms with van der Waals surface area (Å²) in [6.45, 7) is 0.340. The lowest BCUT2D eigenvalue weighted by Gasteiger charge is -2.16. The number of carbonyl (C=O) groups is 1. The van der Waals surface area contributed by atoms with Crippen LogP contribution in [0.4, 0.5) is 17.6 Å². The van der Waals surface area contributed by atoms with Gasteiger partial charge in [0.1, 0.15) is 5.82 Å². The quantitative estimate of drug-likeness (QED) is 0.803. The molecule has 1 fully saturated rings. The fraction of sp³-hybridized carbons (Fsp3) is 0.316. The average Bonchev–Trinajstić information content (AvgIpc) is 3.37. The summed E-state index contributed by atoms with van der Waals surface area (Å²) in [5.41, 5.74) is 0.239. The van der Waals surface area contributed by atoms with E-state index in [4.69, 9.17) is 0 Å². The van der Waals surface area contributed by atoms with Crippen LogP contribution in [0.3, 0.4) is 0 Å². The van der Waals surface area contributed by atoms with Gasteiger partial charge in [-0.1, -0.05) is 24.3 Å². The summed E-state index contributed by atoms with van der Waals surface area (Å²) >= 11 is 0. The van der Waals surface area contributed by atoms with Crippen molar-refractivity contribution in [2.45, 2.75) is 30.9 Å². The van der Waals surface area contributed by atoms with Gasteiger partial charge in [0.2, 0.25) is 5.91 Å². The number of alkyl halides is 3. The fourth-order valence-electron chi connectivity index (χ4n) is 2.89. The third kappa shape index (κ3) is 3.83. The Morgan fingerprint density at radius 1 is 1.00 bits per heavy atom. The van der Waals surface area contributed by atoms with Crippen molar-refractivity contribution in [3.8, 4) is 0 Å².